The van der Waals surface area contributed by atoms with Gasteiger partial charge in [-0.3, -0.25) is 10.1 Å². The molecule has 0 atom stereocenters. The molecular formula is C20H20N2O5. The average Bonchev–Trinajstić information content (AvgIpc) is 2.72. The second-order valence-corrected chi connectivity index (χ2v) is 6.11. The number of hydrogen-bond acceptors (Lipinski definition) is 5. The number of nitro benzene ring substituents is 1. The largest absolute Gasteiger partial charge is 0.496 e. The van der Waals surface area contributed by atoms with Crippen molar-refractivity contribution in [2.45, 2.75) is 13.0 Å². The van der Waals surface area contributed by atoms with Gasteiger partial charge in [0.1, 0.15) is 12.4 Å². The van der Waals surface area contributed by atoms with Crippen LogP contribution in [0.4, 0.5) is 10.5 Å². The lowest BCUT2D eigenvalue weighted by Crippen LogP contribution is -2.35. The fourth-order valence-corrected chi connectivity index (χ4v) is 2.95. The van der Waals surface area contributed by atoms with Gasteiger partial charge in [-0.2, -0.15) is 0 Å². The first-order valence-corrected chi connectivity index (χ1v) is 8.56. The Bertz CT molecular complexity index is 864. The molecule has 7 nitrogen and oxygen atoms in total. The van der Waals surface area contributed by atoms with E-state index in [9.17, 15) is 14.9 Å². The molecule has 2 aromatic carbocycles. The Morgan fingerprint density at radius 3 is 2.63 bits per heavy atom. The minimum Gasteiger partial charge on any atom is -0.496 e. The zero-order chi connectivity index (χ0) is 19.2. The van der Waals surface area contributed by atoms with Crippen LogP contribution in [0.15, 0.2) is 54.6 Å². The van der Waals surface area contributed by atoms with Crippen molar-refractivity contribution in [1.29, 1.82) is 0 Å². The minimum atomic E-state index is -0.452. The first kappa shape index (κ1) is 18.4. The van der Waals surface area contributed by atoms with E-state index in [1.165, 1.54) is 19.2 Å². The van der Waals surface area contributed by atoms with E-state index in [-0.39, 0.29) is 18.4 Å². The third-order valence-electron chi connectivity index (χ3n) is 4.41. The highest BCUT2D eigenvalue weighted by Crippen LogP contribution is 2.33. The number of benzene rings is 2. The number of non-ortho nitro benzene ring substituents is 1. The standard InChI is InChI=1S/C20H20N2O5/c1-26-19-13-17(22(24)25)7-8-18(19)16-9-11-21(12-10-16)20(23)27-14-15-5-3-2-4-6-15/h2-9,13H,10-12,14H2,1H3. The van der Waals surface area contributed by atoms with Crippen molar-refractivity contribution in [3.63, 3.8) is 0 Å². The van der Waals surface area contributed by atoms with E-state index in [0.29, 0.717) is 25.3 Å². The second kappa shape index (κ2) is 8.35. The molecule has 0 aromatic heterocycles. The maximum absolute atomic E-state index is 12.2. The number of rotatable bonds is 5. The summed E-state index contributed by atoms with van der Waals surface area (Å²) in [6, 6.07) is 14.1. The summed E-state index contributed by atoms with van der Waals surface area (Å²) in [5.74, 6) is 0.454. The van der Waals surface area contributed by atoms with Crippen molar-refractivity contribution in [1.82, 2.24) is 4.90 Å². The molecule has 0 aliphatic carbocycles. The molecule has 7 heteroatoms. The highest BCUT2D eigenvalue weighted by molar-refractivity contribution is 5.75. The molecule has 27 heavy (non-hydrogen) atoms. The van der Waals surface area contributed by atoms with Gasteiger partial charge in [-0.05, 0) is 23.6 Å². The maximum Gasteiger partial charge on any atom is 0.410 e. The van der Waals surface area contributed by atoms with Crippen LogP contribution in [0.3, 0.4) is 0 Å². The summed E-state index contributed by atoms with van der Waals surface area (Å²) in [6.45, 7) is 1.17. The summed E-state index contributed by atoms with van der Waals surface area (Å²) >= 11 is 0. The summed E-state index contributed by atoms with van der Waals surface area (Å²) in [7, 11) is 1.49. The SMILES string of the molecule is COc1cc([N+](=O)[O-])ccc1C1=CCN(C(=O)OCc2ccccc2)CC1. The zero-order valence-electron chi connectivity index (χ0n) is 15.0. The van der Waals surface area contributed by atoms with E-state index in [2.05, 4.69) is 0 Å². The molecule has 0 fully saturated rings. The first-order valence-electron chi connectivity index (χ1n) is 8.56. The lowest BCUT2D eigenvalue weighted by molar-refractivity contribution is -0.384. The Labute approximate surface area is 157 Å². The average molecular weight is 368 g/mol. The van der Waals surface area contributed by atoms with Gasteiger partial charge in [0, 0.05) is 24.7 Å². The molecule has 0 N–H and O–H groups in total. The van der Waals surface area contributed by atoms with Crippen molar-refractivity contribution in [3.8, 4) is 5.75 Å². The summed E-state index contributed by atoms with van der Waals surface area (Å²) in [5.41, 5.74) is 2.72. The molecular weight excluding hydrogens is 348 g/mol. The molecule has 2 aromatic rings. The molecule has 1 aliphatic rings. The number of carbonyl (C=O) groups excluding carboxylic acids is 1. The summed E-state index contributed by atoms with van der Waals surface area (Å²) in [6.07, 6.45) is 2.19. The number of hydrogen-bond donors (Lipinski definition) is 0. The van der Waals surface area contributed by atoms with E-state index in [4.69, 9.17) is 9.47 Å². The van der Waals surface area contributed by atoms with Crippen LogP contribution in [0.2, 0.25) is 0 Å². The molecule has 3 rings (SSSR count). The Balaban J connectivity index is 1.64. The fraction of sp³-hybridized carbons (Fsp3) is 0.250. The molecule has 0 bridgehead atoms. The molecule has 1 aliphatic heterocycles. The van der Waals surface area contributed by atoms with Crippen LogP contribution in [-0.2, 0) is 11.3 Å². The third kappa shape index (κ3) is 4.44. The number of methoxy groups -OCH3 is 1. The van der Waals surface area contributed by atoms with Crippen LogP contribution in [0.5, 0.6) is 5.75 Å². The van der Waals surface area contributed by atoms with Gasteiger partial charge in [-0.1, -0.05) is 36.4 Å². The quantitative estimate of drug-likeness (QED) is 0.588. The van der Waals surface area contributed by atoms with E-state index in [1.54, 1.807) is 11.0 Å². The molecule has 0 unspecified atom stereocenters. The minimum absolute atomic E-state index is 0.0156. The number of carbonyl (C=O) groups is 1. The molecule has 0 spiro atoms. The van der Waals surface area contributed by atoms with Crippen LogP contribution >= 0.6 is 0 Å². The highest BCUT2D eigenvalue weighted by Gasteiger charge is 2.21. The zero-order valence-corrected chi connectivity index (χ0v) is 15.0. The van der Waals surface area contributed by atoms with Crippen LogP contribution in [-0.4, -0.2) is 36.1 Å². The van der Waals surface area contributed by atoms with Crippen LogP contribution in [0.25, 0.3) is 5.57 Å². The van der Waals surface area contributed by atoms with Gasteiger partial charge in [0.05, 0.1) is 18.1 Å². The number of ether oxygens (including phenoxy) is 2. The van der Waals surface area contributed by atoms with Crippen molar-refractivity contribution in [3.05, 3.63) is 75.8 Å². The number of nitrogens with zero attached hydrogens (tertiary/aromatic N) is 2. The van der Waals surface area contributed by atoms with Gasteiger partial charge in [-0.25, -0.2) is 4.79 Å². The molecule has 1 heterocycles. The van der Waals surface area contributed by atoms with Gasteiger partial charge >= 0.3 is 6.09 Å². The molecule has 0 saturated carbocycles. The number of nitro groups is 1. The lowest BCUT2D eigenvalue weighted by atomic mass is 9.98. The molecule has 140 valence electrons. The van der Waals surface area contributed by atoms with Gasteiger partial charge < -0.3 is 14.4 Å². The molecule has 0 saturated heterocycles. The van der Waals surface area contributed by atoms with Gasteiger partial charge in [-0.15, -0.1) is 0 Å². The predicted octanol–water partition coefficient (Wildman–Crippen LogP) is 4.03. The van der Waals surface area contributed by atoms with Crippen molar-refractivity contribution < 1.29 is 19.2 Å². The van der Waals surface area contributed by atoms with Gasteiger partial charge in [0.25, 0.3) is 5.69 Å². The normalized spacial score (nSPS) is 13.7. The monoisotopic (exact) mass is 368 g/mol. The van der Waals surface area contributed by atoms with Crippen LogP contribution < -0.4 is 4.74 Å². The summed E-state index contributed by atoms with van der Waals surface area (Å²) in [4.78, 5) is 24.3. The first-order chi connectivity index (χ1) is 13.1. The van der Waals surface area contributed by atoms with Gasteiger partial charge in [0.2, 0.25) is 0 Å². The number of amides is 1. The summed E-state index contributed by atoms with van der Waals surface area (Å²) in [5, 5.41) is 10.9. The Morgan fingerprint density at radius 2 is 2.00 bits per heavy atom. The van der Waals surface area contributed by atoms with Crippen LogP contribution in [0.1, 0.15) is 17.5 Å². The Kier molecular flexibility index (Phi) is 5.71. The smallest absolute Gasteiger partial charge is 0.410 e. The molecule has 0 radical (unpaired) electrons. The van der Waals surface area contributed by atoms with E-state index < -0.39 is 4.92 Å². The van der Waals surface area contributed by atoms with E-state index in [1.807, 2.05) is 36.4 Å². The Hall–Kier alpha value is -3.35. The molecule has 1 amide bonds. The second-order valence-electron chi connectivity index (χ2n) is 6.11. The van der Waals surface area contributed by atoms with Crippen molar-refractivity contribution in [2.75, 3.05) is 20.2 Å². The lowest BCUT2D eigenvalue weighted by Gasteiger charge is -2.26. The van der Waals surface area contributed by atoms with Gasteiger partial charge in [0.15, 0.2) is 0 Å². The fourth-order valence-electron chi connectivity index (χ4n) is 2.95. The van der Waals surface area contributed by atoms with Crippen LogP contribution in [0, 0.1) is 10.1 Å². The topological polar surface area (TPSA) is 81.9 Å². The third-order valence-corrected chi connectivity index (χ3v) is 4.41. The maximum atomic E-state index is 12.2. The van der Waals surface area contributed by atoms with Crippen molar-refractivity contribution >= 4 is 17.4 Å². The Morgan fingerprint density at radius 1 is 1.22 bits per heavy atom. The van der Waals surface area contributed by atoms with E-state index in [0.717, 1.165) is 16.7 Å². The van der Waals surface area contributed by atoms with Crippen molar-refractivity contribution in [2.24, 2.45) is 0 Å². The summed E-state index contributed by atoms with van der Waals surface area (Å²) < 4.78 is 10.7. The van der Waals surface area contributed by atoms with E-state index >= 15 is 0 Å². The predicted molar refractivity (Wildman–Crippen MR) is 100 cm³/mol. The highest BCUT2D eigenvalue weighted by atomic mass is 16.6.